The largest absolute Gasteiger partial charge is 0.350 e. The van der Waals surface area contributed by atoms with Crippen LogP contribution >= 0.6 is 11.8 Å². The number of hydrogen-bond donors (Lipinski definition) is 3. The molecule has 0 bridgehead atoms. The van der Waals surface area contributed by atoms with Gasteiger partial charge in [-0.15, -0.1) is 10.2 Å². The van der Waals surface area contributed by atoms with Crippen LogP contribution in [-0.2, 0) is 4.79 Å². The van der Waals surface area contributed by atoms with Crippen LogP contribution in [0, 0.1) is 0 Å². The van der Waals surface area contributed by atoms with Gasteiger partial charge < -0.3 is 5.32 Å². The molecule has 1 aromatic carbocycles. The first-order valence-corrected chi connectivity index (χ1v) is 10.5. The van der Waals surface area contributed by atoms with Gasteiger partial charge in [-0.25, -0.2) is 5.43 Å². The molecule has 2 unspecified atom stereocenters. The van der Waals surface area contributed by atoms with Gasteiger partial charge in [0.1, 0.15) is 0 Å². The third kappa shape index (κ3) is 4.02. The zero-order valence-corrected chi connectivity index (χ0v) is 16.6. The standard InChI is InChI=1S/C19H26N6OS/c1-13-11-15(22-21-13)17-23-24-18(25(17)14-7-4-3-5-8-14)27-12-16(26)20-19(2)9-6-10-19/h3-5,7-8,13,15,21-22H,6,9-12H2,1-2H3,(H,20,26). The molecule has 1 saturated carbocycles. The average molecular weight is 387 g/mol. The van der Waals surface area contributed by atoms with Crippen LogP contribution in [-0.4, -0.2) is 38.0 Å². The van der Waals surface area contributed by atoms with Crippen LogP contribution in [0.5, 0.6) is 0 Å². The van der Waals surface area contributed by atoms with Crippen molar-refractivity contribution in [1.82, 2.24) is 30.9 Å². The predicted molar refractivity (Wildman–Crippen MR) is 106 cm³/mol. The second kappa shape index (κ2) is 7.61. The third-order valence-corrected chi connectivity index (χ3v) is 6.24. The zero-order chi connectivity index (χ0) is 18.9. The van der Waals surface area contributed by atoms with E-state index in [0.29, 0.717) is 11.8 Å². The molecule has 1 saturated heterocycles. The van der Waals surface area contributed by atoms with Gasteiger partial charge >= 0.3 is 0 Å². The van der Waals surface area contributed by atoms with Crippen LogP contribution in [0.2, 0.25) is 0 Å². The minimum absolute atomic E-state index is 0.0223. The third-order valence-electron chi connectivity index (χ3n) is 5.31. The van der Waals surface area contributed by atoms with E-state index in [1.165, 1.54) is 18.2 Å². The molecule has 1 aliphatic heterocycles. The first-order chi connectivity index (χ1) is 13.0. The van der Waals surface area contributed by atoms with Crippen molar-refractivity contribution in [3.8, 4) is 5.69 Å². The summed E-state index contributed by atoms with van der Waals surface area (Å²) in [7, 11) is 0. The van der Waals surface area contributed by atoms with E-state index in [9.17, 15) is 4.79 Å². The van der Waals surface area contributed by atoms with Gasteiger partial charge in [-0.05, 0) is 51.7 Å². The molecule has 7 nitrogen and oxygen atoms in total. The van der Waals surface area contributed by atoms with Crippen molar-refractivity contribution in [3.63, 3.8) is 0 Å². The number of hydrogen-bond acceptors (Lipinski definition) is 6. The molecule has 4 rings (SSSR count). The number of rotatable bonds is 6. The number of aromatic nitrogens is 3. The van der Waals surface area contributed by atoms with Gasteiger partial charge in [0.15, 0.2) is 11.0 Å². The Hall–Kier alpha value is -1.90. The first-order valence-electron chi connectivity index (χ1n) is 9.50. The summed E-state index contributed by atoms with van der Waals surface area (Å²) in [5.41, 5.74) is 7.52. The van der Waals surface area contributed by atoms with Gasteiger partial charge in [0.2, 0.25) is 5.91 Å². The van der Waals surface area contributed by atoms with Crippen molar-refractivity contribution in [1.29, 1.82) is 0 Å². The highest BCUT2D eigenvalue weighted by Gasteiger charge is 2.33. The fraction of sp³-hybridized carbons (Fsp3) is 0.526. The summed E-state index contributed by atoms with van der Waals surface area (Å²) in [6.45, 7) is 4.25. The molecule has 1 aromatic heterocycles. The number of benzene rings is 1. The second-order valence-corrected chi connectivity index (χ2v) is 8.68. The topological polar surface area (TPSA) is 83.9 Å². The zero-order valence-electron chi connectivity index (χ0n) is 15.7. The fourth-order valence-corrected chi connectivity index (χ4v) is 4.40. The molecule has 0 spiro atoms. The molecule has 2 heterocycles. The fourth-order valence-electron chi connectivity index (χ4n) is 3.64. The summed E-state index contributed by atoms with van der Waals surface area (Å²) >= 11 is 1.43. The summed E-state index contributed by atoms with van der Waals surface area (Å²) in [6, 6.07) is 10.5. The summed E-state index contributed by atoms with van der Waals surface area (Å²) in [4.78, 5) is 12.4. The normalized spacial score (nSPS) is 23.8. The van der Waals surface area contributed by atoms with E-state index in [1.54, 1.807) is 0 Å². The minimum atomic E-state index is -0.0223. The van der Waals surface area contributed by atoms with Gasteiger partial charge in [-0.1, -0.05) is 30.0 Å². The molecular formula is C19H26N6OS. The lowest BCUT2D eigenvalue weighted by Gasteiger charge is -2.39. The second-order valence-electron chi connectivity index (χ2n) is 7.74. The number of thioether (sulfide) groups is 1. The quantitative estimate of drug-likeness (QED) is 0.661. The van der Waals surface area contributed by atoms with E-state index in [4.69, 9.17) is 0 Å². The molecule has 0 radical (unpaired) electrons. The van der Waals surface area contributed by atoms with Crippen LogP contribution < -0.4 is 16.2 Å². The Labute approximate surface area is 163 Å². The van der Waals surface area contributed by atoms with Crippen molar-refractivity contribution in [2.24, 2.45) is 0 Å². The van der Waals surface area contributed by atoms with Crippen LogP contribution in [0.25, 0.3) is 5.69 Å². The number of amides is 1. The first kappa shape index (κ1) is 18.5. The molecule has 2 fully saturated rings. The Balaban J connectivity index is 1.53. The number of carbonyl (C=O) groups is 1. The molecule has 1 amide bonds. The molecule has 2 atom stereocenters. The maximum Gasteiger partial charge on any atom is 0.230 e. The highest BCUT2D eigenvalue weighted by molar-refractivity contribution is 7.99. The highest BCUT2D eigenvalue weighted by Crippen LogP contribution is 2.32. The summed E-state index contributed by atoms with van der Waals surface area (Å²) in [6.07, 6.45) is 4.25. The Kier molecular flexibility index (Phi) is 5.21. The lowest BCUT2D eigenvalue weighted by molar-refractivity contribution is -0.121. The van der Waals surface area contributed by atoms with Crippen LogP contribution in [0.3, 0.4) is 0 Å². The maximum absolute atomic E-state index is 12.4. The van der Waals surface area contributed by atoms with E-state index in [-0.39, 0.29) is 17.5 Å². The van der Waals surface area contributed by atoms with Crippen molar-refractivity contribution < 1.29 is 4.79 Å². The molecule has 1 aliphatic carbocycles. The summed E-state index contributed by atoms with van der Waals surface area (Å²) in [5, 5.41) is 12.7. The molecule has 8 heteroatoms. The molecule has 2 aromatic rings. The average Bonchev–Trinajstić information content (AvgIpc) is 3.25. The summed E-state index contributed by atoms with van der Waals surface area (Å²) < 4.78 is 2.06. The monoisotopic (exact) mass is 386 g/mol. The number of hydrazine groups is 1. The van der Waals surface area contributed by atoms with E-state index in [2.05, 4.69) is 44.8 Å². The Morgan fingerprint density at radius 3 is 2.70 bits per heavy atom. The highest BCUT2D eigenvalue weighted by atomic mass is 32.2. The van der Waals surface area contributed by atoms with Crippen molar-refractivity contribution in [2.45, 2.75) is 62.3 Å². The molecular weight excluding hydrogens is 360 g/mol. The number of nitrogens with zero attached hydrogens (tertiary/aromatic N) is 3. The van der Waals surface area contributed by atoms with E-state index < -0.39 is 0 Å². The van der Waals surface area contributed by atoms with Crippen LogP contribution in [0.1, 0.15) is 51.4 Å². The Morgan fingerprint density at radius 1 is 1.30 bits per heavy atom. The lowest BCUT2D eigenvalue weighted by Crippen LogP contribution is -2.51. The van der Waals surface area contributed by atoms with Crippen molar-refractivity contribution in [2.75, 3.05) is 5.75 Å². The van der Waals surface area contributed by atoms with Crippen molar-refractivity contribution in [3.05, 3.63) is 36.2 Å². The van der Waals surface area contributed by atoms with Gasteiger partial charge in [-0.2, -0.15) is 0 Å². The molecule has 27 heavy (non-hydrogen) atoms. The molecule has 144 valence electrons. The van der Waals surface area contributed by atoms with Gasteiger partial charge in [0.05, 0.1) is 11.8 Å². The van der Waals surface area contributed by atoms with Gasteiger partial charge in [0.25, 0.3) is 0 Å². The smallest absolute Gasteiger partial charge is 0.230 e. The minimum Gasteiger partial charge on any atom is -0.350 e. The van der Waals surface area contributed by atoms with Crippen LogP contribution in [0.15, 0.2) is 35.5 Å². The molecule has 3 N–H and O–H groups in total. The Bertz CT molecular complexity index is 804. The van der Waals surface area contributed by atoms with E-state index >= 15 is 0 Å². The SMILES string of the molecule is CC1CC(c2nnc(SCC(=O)NC3(C)CCC3)n2-c2ccccc2)NN1. The van der Waals surface area contributed by atoms with Crippen LogP contribution in [0.4, 0.5) is 0 Å². The van der Waals surface area contributed by atoms with Gasteiger partial charge in [-0.3, -0.25) is 14.8 Å². The van der Waals surface area contributed by atoms with Crippen molar-refractivity contribution >= 4 is 17.7 Å². The van der Waals surface area contributed by atoms with Gasteiger partial charge in [0, 0.05) is 17.3 Å². The number of para-hydroxylation sites is 1. The lowest BCUT2D eigenvalue weighted by atomic mass is 9.78. The number of nitrogens with one attached hydrogen (secondary N) is 3. The maximum atomic E-state index is 12.4. The predicted octanol–water partition coefficient (Wildman–Crippen LogP) is 2.35. The van der Waals surface area contributed by atoms with E-state index in [0.717, 1.165) is 35.9 Å². The molecule has 2 aliphatic rings. The summed E-state index contributed by atoms with van der Waals surface area (Å²) in [5.74, 6) is 1.26. The van der Waals surface area contributed by atoms with E-state index in [1.807, 2.05) is 30.3 Å². The number of carbonyl (C=O) groups excluding carboxylic acids is 1. The Morgan fingerprint density at radius 2 is 2.07 bits per heavy atom.